The summed E-state index contributed by atoms with van der Waals surface area (Å²) >= 11 is 1.28. The number of aromatic nitrogens is 2. The van der Waals surface area contributed by atoms with Gasteiger partial charge in [-0.25, -0.2) is 0 Å². The van der Waals surface area contributed by atoms with Crippen LogP contribution in [0.15, 0.2) is 23.7 Å². The molecule has 0 saturated carbocycles. The summed E-state index contributed by atoms with van der Waals surface area (Å²) in [4.78, 5) is 11.2. The van der Waals surface area contributed by atoms with Gasteiger partial charge in [0.05, 0.1) is 6.10 Å². The van der Waals surface area contributed by atoms with Crippen molar-refractivity contribution in [3.05, 3.63) is 29.3 Å². The molecule has 1 atom stereocenters. The third kappa shape index (κ3) is 2.58. The van der Waals surface area contributed by atoms with E-state index >= 15 is 0 Å². The SMILES string of the molecule is CC(=O)CC1OB(O)c2cc(Oc3nncs3)ccc21. The van der Waals surface area contributed by atoms with Crippen LogP contribution in [0.1, 0.15) is 25.0 Å². The molecule has 0 amide bonds. The maximum absolute atomic E-state index is 11.2. The second-order valence-electron chi connectivity index (χ2n) is 4.48. The molecule has 1 N–H and O–H groups in total. The molecule has 0 spiro atoms. The summed E-state index contributed by atoms with van der Waals surface area (Å²) in [6.07, 6.45) is -0.145. The van der Waals surface area contributed by atoms with E-state index < -0.39 is 13.2 Å². The van der Waals surface area contributed by atoms with Gasteiger partial charge in [-0.3, -0.25) is 4.79 Å². The zero-order valence-electron chi connectivity index (χ0n) is 10.6. The minimum absolute atomic E-state index is 0.0178. The molecule has 3 rings (SSSR count). The molecule has 0 radical (unpaired) electrons. The molecular weight excluding hydrogens is 279 g/mol. The number of rotatable bonds is 4. The van der Waals surface area contributed by atoms with E-state index in [1.165, 1.54) is 18.3 Å². The average Bonchev–Trinajstić information content (AvgIpc) is 2.99. The van der Waals surface area contributed by atoms with E-state index in [2.05, 4.69) is 10.2 Å². The van der Waals surface area contributed by atoms with Crippen LogP contribution in [-0.2, 0) is 9.45 Å². The van der Waals surface area contributed by atoms with Gasteiger partial charge in [0.1, 0.15) is 17.0 Å². The minimum atomic E-state index is -1.03. The number of benzene rings is 1. The molecule has 8 heteroatoms. The Kier molecular flexibility index (Phi) is 3.52. The topological polar surface area (TPSA) is 81.5 Å². The van der Waals surface area contributed by atoms with Crippen molar-refractivity contribution in [1.82, 2.24) is 10.2 Å². The number of nitrogens with zero attached hydrogens (tertiary/aromatic N) is 2. The Labute approximate surface area is 119 Å². The molecule has 0 saturated heterocycles. The maximum atomic E-state index is 11.2. The van der Waals surface area contributed by atoms with E-state index in [1.54, 1.807) is 23.7 Å². The molecule has 0 aliphatic carbocycles. The minimum Gasteiger partial charge on any atom is -0.430 e. The summed E-state index contributed by atoms with van der Waals surface area (Å²) in [5, 5.41) is 17.8. The number of hydrogen-bond acceptors (Lipinski definition) is 7. The number of ketones is 1. The van der Waals surface area contributed by atoms with Crippen LogP contribution in [0.4, 0.5) is 0 Å². The third-order valence-electron chi connectivity index (χ3n) is 2.98. The Morgan fingerprint density at radius 2 is 2.45 bits per heavy atom. The fourth-order valence-electron chi connectivity index (χ4n) is 2.15. The highest BCUT2D eigenvalue weighted by atomic mass is 32.1. The van der Waals surface area contributed by atoms with E-state index in [0.717, 1.165) is 5.56 Å². The first kappa shape index (κ1) is 13.2. The van der Waals surface area contributed by atoms with Crippen molar-refractivity contribution in [2.45, 2.75) is 19.4 Å². The number of carbonyl (C=O) groups is 1. The molecule has 0 fully saturated rings. The lowest BCUT2D eigenvalue weighted by Gasteiger charge is -2.10. The van der Waals surface area contributed by atoms with Crippen LogP contribution in [0.2, 0.25) is 0 Å². The Morgan fingerprint density at radius 3 is 3.15 bits per heavy atom. The number of carbonyl (C=O) groups excluding carboxylic acids is 1. The summed E-state index contributed by atoms with van der Waals surface area (Å²) in [5.41, 5.74) is 3.01. The smallest absolute Gasteiger partial charge is 0.430 e. The predicted octanol–water partition coefficient (Wildman–Crippen LogP) is 1.07. The van der Waals surface area contributed by atoms with Gasteiger partial charge < -0.3 is 14.4 Å². The zero-order chi connectivity index (χ0) is 14.1. The normalized spacial score (nSPS) is 17.1. The predicted molar refractivity (Wildman–Crippen MR) is 73.2 cm³/mol. The molecule has 1 aromatic carbocycles. The van der Waals surface area contributed by atoms with Crippen LogP contribution in [-0.4, -0.2) is 28.1 Å². The lowest BCUT2D eigenvalue weighted by Crippen LogP contribution is -2.27. The number of ether oxygens (including phenoxy) is 1. The van der Waals surface area contributed by atoms with Crippen molar-refractivity contribution in [2.75, 3.05) is 0 Å². The molecule has 2 heterocycles. The number of Topliss-reactive ketones (excluding diaryl/α,β-unsaturated/α-hetero) is 1. The van der Waals surface area contributed by atoms with Crippen molar-refractivity contribution in [3.8, 4) is 10.9 Å². The molecule has 1 unspecified atom stereocenters. The first-order chi connectivity index (χ1) is 9.63. The molecule has 102 valence electrons. The van der Waals surface area contributed by atoms with E-state index in [0.29, 0.717) is 16.4 Å². The van der Waals surface area contributed by atoms with Crippen molar-refractivity contribution >= 4 is 29.7 Å². The Bertz CT molecular complexity index is 634. The number of hydrogen-bond donors (Lipinski definition) is 1. The molecule has 1 aromatic heterocycles. The van der Waals surface area contributed by atoms with Gasteiger partial charge in [0, 0.05) is 6.42 Å². The van der Waals surface area contributed by atoms with E-state index in [4.69, 9.17) is 9.39 Å². The third-order valence-corrected chi connectivity index (χ3v) is 3.55. The van der Waals surface area contributed by atoms with Gasteiger partial charge in [0.15, 0.2) is 0 Å². The second kappa shape index (κ2) is 5.32. The monoisotopic (exact) mass is 290 g/mol. The lowest BCUT2D eigenvalue weighted by atomic mass is 9.79. The van der Waals surface area contributed by atoms with Gasteiger partial charge in [0.25, 0.3) is 5.19 Å². The molecule has 20 heavy (non-hydrogen) atoms. The highest BCUT2D eigenvalue weighted by molar-refractivity contribution is 7.11. The first-order valence-electron chi connectivity index (χ1n) is 6.04. The van der Waals surface area contributed by atoms with Gasteiger partial charge in [0.2, 0.25) is 0 Å². The molecular formula is C12H11BN2O4S. The Balaban J connectivity index is 1.85. The Hall–Kier alpha value is -1.77. The van der Waals surface area contributed by atoms with Gasteiger partial charge in [-0.2, -0.15) is 0 Å². The summed E-state index contributed by atoms with van der Waals surface area (Å²) in [6, 6.07) is 5.26. The van der Waals surface area contributed by atoms with Crippen LogP contribution in [0, 0.1) is 0 Å². The fraction of sp³-hybridized carbons (Fsp3) is 0.250. The van der Waals surface area contributed by atoms with Crippen LogP contribution in [0.5, 0.6) is 10.9 Å². The van der Waals surface area contributed by atoms with Crippen LogP contribution in [0.25, 0.3) is 0 Å². The van der Waals surface area contributed by atoms with Crippen molar-refractivity contribution in [2.24, 2.45) is 0 Å². The van der Waals surface area contributed by atoms with E-state index in [1.807, 2.05) is 0 Å². The summed E-state index contributed by atoms with van der Waals surface area (Å²) in [6.45, 7) is 1.50. The summed E-state index contributed by atoms with van der Waals surface area (Å²) < 4.78 is 10.9. The van der Waals surface area contributed by atoms with Crippen molar-refractivity contribution in [3.63, 3.8) is 0 Å². The molecule has 6 nitrogen and oxygen atoms in total. The van der Waals surface area contributed by atoms with Crippen LogP contribution < -0.4 is 10.2 Å². The quantitative estimate of drug-likeness (QED) is 0.848. The summed E-state index contributed by atoms with van der Waals surface area (Å²) in [5.74, 6) is 0.566. The lowest BCUT2D eigenvalue weighted by molar-refractivity contribution is -0.118. The summed E-state index contributed by atoms with van der Waals surface area (Å²) in [7, 11) is -1.03. The highest BCUT2D eigenvalue weighted by Gasteiger charge is 2.35. The van der Waals surface area contributed by atoms with Crippen molar-refractivity contribution < 1.29 is 19.2 Å². The molecule has 1 aliphatic rings. The molecule has 2 aromatic rings. The maximum Gasteiger partial charge on any atom is 0.492 e. The van der Waals surface area contributed by atoms with Crippen LogP contribution >= 0.6 is 11.3 Å². The van der Waals surface area contributed by atoms with Gasteiger partial charge in [-0.1, -0.05) is 22.5 Å². The molecule has 1 aliphatic heterocycles. The zero-order valence-corrected chi connectivity index (χ0v) is 11.5. The van der Waals surface area contributed by atoms with E-state index in [-0.39, 0.29) is 12.2 Å². The molecule has 0 bridgehead atoms. The average molecular weight is 290 g/mol. The van der Waals surface area contributed by atoms with Crippen molar-refractivity contribution in [1.29, 1.82) is 0 Å². The van der Waals surface area contributed by atoms with E-state index in [9.17, 15) is 9.82 Å². The standard InChI is InChI=1S/C12H11BN2O4S/c1-7(16)4-11-9-3-2-8(5-10(9)13(17)19-11)18-12-15-14-6-20-12/h2-3,5-6,11,17H,4H2,1H3. The van der Waals surface area contributed by atoms with Crippen LogP contribution in [0.3, 0.4) is 0 Å². The Morgan fingerprint density at radius 1 is 1.60 bits per heavy atom. The number of fused-ring (bicyclic) bond motifs is 1. The fourth-order valence-corrected chi connectivity index (χ4v) is 2.58. The second-order valence-corrected chi connectivity index (χ2v) is 5.28. The van der Waals surface area contributed by atoms with Gasteiger partial charge in [-0.15, -0.1) is 5.10 Å². The first-order valence-corrected chi connectivity index (χ1v) is 6.92. The van der Waals surface area contributed by atoms with Gasteiger partial charge in [-0.05, 0) is 30.1 Å². The van der Waals surface area contributed by atoms with Gasteiger partial charge >= 0.3 is 7.12 Å². The highest BCUT2D eigenvalue weighted by Crippen LogP contribution is 2.30. The largest absolute Gasteiger partial charge is 0.492 e.